The van der Waals surface area contributed by atoms with Gasteiger partial charge in [-0.15, -0.1) is 0 Å². The maximum Gasteiger partial charge on any atom is 0.287 e. The SMILES string of the molecule is CCN(c1ccccc1)c1ccc([N+](=O)[O-])cn1. The second kappa shape index (κ2) is 5.27. The molecule has 2 aromatic rings. The predicted molar refractivity (Wildman–Crippen MR) is 70.0 cm³/mol. The molecule has 0 saturated carbocycles. The van der Waals surface area contributed by atoms with E-state index < -0.39 is 4.92 Å². The largest absolute Gasteiger partial charge is 0.327 e. The lowest BCUT2D eigenvalue weighted by molar-refractivity contribution is -0.385. The minimum absolute atomic E-state index is 0.00265. The van der Waals surface area contributed by atoms with Crippen molar-refractivity contribution in [1.82, 2.24) is 4.98 Å². The molecule has 1 aromatic heterocycles. The van der Waals surface area contributed by atoms with Crippen molar-refractivity contribution in [2.45, 2.75) is 6.92 Å². The molecule has 0 aliphatic rings. The highest BCUT2D eigenvalue weighted by molar-refractivity contribution is 5.60. The van der Waals surface area contributed by atoms with Gasteiger partial charge in [-0.05, 0) is 25.1 Å². The highest BCUT2D eigenvalue weighted by Gasteiger charge is 2.10. The third-order valence-electron chi connectivity index (χ3n) is 2.60. The Hall–Kier alpha value is -2.43. The number of anilines is 2. The molecule has 0 bridgehead atoms. The van der Waals surface area contributed by atoms with Gasteiger partial charge in [0.2, 0.25) is 0 Å². The highest BCUT2D eigenvalue weighted by atomic mass is 16.6. The predicted octanol–water partition coefficient (Wildman–Crippen LogP) is 3.15. The van der Waals surface area contributed by atoms with Crippen molar-refractivity contribution in [3.63, 3.8) is 0 Å². The number of benzene rings is 1. The van der Waals surface area contributed by atoms with Gasteiger partial charge in [-0.2, -0.15) is 0 Å². The molecule has 0 amide bonds. The van der Waals surface area contributed by atoms with Crippen molar-refractivity contribution in [3.05, 3.63) is 58.8 Å². The standard InChI is InChI=1S/C13H13N3O2/c1-2-15(11-6-4-3-5-7-11)13-9-8-12(10-14-13)16(17)18/h3-10H,2H2,1H3. The average Bonchev–Trinajstić information content (AvgIpc) is 2.41. The van der Waals surface area contributed by atoms with Crippen molar-refractivity contribution in [1.29, 1.82) is 0 Å². The second-order valence-electron chi connectivity index (χ2n) is 3.71. The van der Waals surface area contributed by atoms with Gasteiger partial charge in [0.25, 0.3) is 5.69 Å². The third kappa shape index (κ3) is 2.45. The monoisotopic (exact) mass is 243 g/mol. The zero-order chi connectivity index (χ0) is 13.0. The molecule has 18 heavy (non-hydrogen) atoms. The summed E-state index contributed by atoms with van der Waals surface area (Å²) in [4.78, 5) is 16.2. The number of hydrogen-bond donors (Lipinski definition) is 0. The van der Waals surface area contributed by atoms with E-state index in [2.05, 4.69) is 4.98 Å². The smallest absolute Gasteiger partial charge is 0.287 e. The molecule has 5 heteroatoms. The van der Waals surface area contributed by atoms with Crippen LogP contribution in [0.25, 0.3) is 0 Å². The third-order valence-corrected chi connectivity index (χ3v) is 2.60. The molecule has 0 aliphatic carbocycles. The van der Waals surface area contributed by atoms with Crippen molar-refractivity contribution >= 4 is 17.2 Å². The summed E-state index contributed by atoms with van der Waals surface area (Å²) < 4.78 is 0. The summed E-state index contributed by atoms with van der Waals surface area (Å²) in [6.07, 6.45) is 1.28. The highest BCUT2D eigenvalue weighted by Crippen LogP contribution is 2.23. The van der Waals surface area contributed by atoms with Crippen LogP contribution in [-0.2, 0) is 0 Å². The summed E-state index contributed by atoms with van der Waals surface area (Å²) in [5, 5.41) is 10.6. The zero-order valence-electron chi connectivity index (χ0n) is 9.98. The molecular formula is C13H13N3O2. The normalized spacial score (nSPS) is 10.1. The fourth-order valence-electron chi connectivity index (χ4n) is 1.73. The molecule has 0 N–H and O–H groups in total. The molecule has 0 fully saturated rings. The van der Waals surface area contributed by atoms with Crippen LogP contribution in [0.1, 0.15) is 6.92 Å². The van der Waals surface area contributed by atoms with Crippen molar-refractivity contribution in [3.8, 4) is 0 Å². The van der Waals surface area contributed by atoms with Gasteiger partial charge in [0.1, 0.15) is 12.0 Å². The Balaban J connectivity index is 2.31. The van der Waals surface area contributed by atoms with Crippen LogP contribution in [-0.4, -0.2) is 16.5 Å². The van der Waals surface area contributed by atoms with Crippen molar-refractivity contribution < 1.29 is 4.92 Å². The number of pyridine rings is 1. The summed E-state index contributed by atoms with van der Waals surface area (Å²) in [7, 11) is 0. The van der Waals surface area contributed by atoms with Gasteiger partial charge in [0.05, 0.1) is 4.92 Å². The molecule has 5 nitrogen and oxygen atoms in total. The van der Waals surface area contributed by atoms with Crippen LogP contribution in [0.4, 0.5) is 17.2 Å². The lowest BCUT2D eigenvalue weighted by atomic mass is 10.3. The number of para-hydroxylation sites is 1. The summed E-state index contributed by atoms with van der Waals surface area (Å²) in [6.45, 7) is 2.75. The van der Waals surface area contributed by atoms with Crippen LogP contribution >= 0.6 is 0 Å². The topological polar surface area (TPSA) is 59.3 Å². The van der Waals surface area contributed by atoms with Gasteiger partial charge in [0, 0.05) is 18.3 Å². The fourth-order valence-corrected chi connectivity index (χ4v) is 1.73. The molecule has 0 unspecified atom stereocenters. The number of rotatable bonds is 4. The van der Waals surface area contributed by atoms with Gasteiger partial charge >= 0.3 is 0 Å². The Morgan fingerprint density at radius 1 is 1.22 bits per heavy atom. The minimum atomic E-state index is -0.449. The summed E-state index contributed by atoms with van der Waals surface area (Å²) >= 11 is 0. The molecule has 1 heterocycles. The molecule has 0 atom stereocenters. The fraction of sp³-hybridized carbons (Fsp3) is 0.154. The van der Waals surface area contributed by atoms with Gasteiger partial charge in [-0.3, -0.25) is 10.1 Å². The maximum absolute atomic E-state index is 10.6. The Bertz CT molecular complexity index is 526. The minimum Gasteiger partial charge on any atom is -0.327 e. The molecule has 0 aliphatic heterocycles. The van der Waals surface area contributed by atoms with E-state index in [9.17, 15) is 10.1 Å². The lowest BCUT2D eigenvalue weighted by Crippen LogP contribution is -2.17. The van der Waals surface area contributed by atoms with Gasteiger partial charge in [-0.1, -0.05) is 18.2 Å². The Morgan fingerprint density at radius 3 is 2.44 bits per heavy atom. The lowest BCUT2D eigenvalue weighted by Gasteiger charge is -2.21. The van der Waals surface area contributed by atoms with Crippen LogP contribution < -0.4 is 4.90 Å². The first-order chi connectivity index (χ1) is 8.72. The zero-order valence-corrected chi connectivity index (χ0v) is 9.98. The maximum atomic E-state index is 10.6. The van der Waals surface area contributed by atoms with E-state index in [0.29, 0.717) is 5.82 Å². The van der Waals surface area contributed by atoms with E-state index in [4.69, 9.17) is 0 Å². The summed E-state index contributed by atoms with van der Waals surface area (Å²) in [5.74, 6) is 0.703. The quantitative estimate of drug-likeness (QED) is 0.611. The number of nitrogens with zero attached hydrogens (tertiary/aromatic N) is 3. The van der Waals surface area contributed by atoms with Crippen LogP contribution in [0.15, 0.2) is 48.7 Å². The molecule has 0 radical (unpaired) electrons. The van der Waals surface area contributed by atoms with E-state index in [1.54, 1.807) is 6.07 Å². The van der Waals surface area contributed by atoms with Crippen LogP contribution in [0, 0.1) is 10.1 Å². The number of aromatic nitrogens is 1. The molecule has 2 rings (SSSR count). The van der Waals surface area contributed by atoms with Gasteiger partial charge < -0.3 is 4.90 Å². The van der Waals surface area contributed by atoms with E-state index in [1.807, 2.05) is 42.2 Å². The van der Waals surface area contributed by atoms with E-state index >= 15 is 0 Å². The number of hydrogen-bond acceptors (Lipinski definition) is 4. The number of nitro groups is 1. The van der Waals surface area contributed by atoms with Crippen LogP contribution in [0.5, 0.6) is 0 Å². The van der Waals surface area contributed by atoms with E-state index in [0.717, 1.165) is 12.2 Å². The molecule has 92 valence electrons. The summed E-state index contributed by atoms with van der Waals surface area (Å²) in [6, 6.07) is 12.9. The molecule has 0 saturated heterocycles. The van der Waals surface area contributed by atoms with Gasteiger partial charge in [-0.25, -0.2) is 4.98 Å². The Kier molecular flexibility index (Phi) is 3.52. The first kappa shape index (κ1) is 12.0. The van der Waals surface area contributed by atoms with E-state index in [1.165, 1.54) is 12.3 Å². The average molecular weight is 243 g/mol. The van der Waals surface area contributed by atoms with Crippen LogP contribution in [0.2, 0.25) is 0 Å². The first-order valence-electron chi connectivity index (χ1n) is 5.65. The Labute approximate surface area is 105 Å². The molecule has 0 spiro atoms. The first-order valence-corrected chi connectivity index (χ1v) is 5.65. The van der Waals surface area contributed by atoms with Crippen molar-refractivity contribution in [2.24, 2.45) is 0 Å². The van der Waals surface area contributed by atoms with Crippen LogP contribution in [0.3, 0.4) is 0 Å². The van der Waals surface area contributed by atoms with Gasteiger partial charge in [0.15, 0.2) is 0 Å². The molecular weight excluding hydrogens is 230 g/mol. The van der Waals surface area contributed by atoms with Crippen molar-refractivity contribution in [2.75, 3.05) is 11.4 Å². The van der Waals surface area contributed by atoms with E-state index in [-0.39, 0.29) is 5.69 Å². The molecule has 1 aromatic carbocycles. The summed E-state index contributed by atoms with van der Waals surface area (Å²) in [5.41, 5.74) is 1.02. The second-order valence-corrected chi connectivity index (χ2v) is 3.71. The Morgan fingerprint density at radius 2 is 1.94 bits per heavy atom.